The van der Waals surface area contributed by atoms with E-state index in [9.17, 15) is 5.11 Å². The Labute approximate surface area is 79.5 Å². The summed E-state index contributed by atoms with van der Waals surface area (Å²) in [6.07, 6.45) is 0. The van der Waals surface area contributed by atoms with Crippen LogP contribution in [-0.4, -0.2) is 53.3 Å². The molecule has 1 aliphatic carbocycles. The minimum absolute atomic E-state index is 1.03. The molecular weight excluding hydrogens is 196 g/mol. The smallest absolute Gasteiger partial charge is 0.292 e. The summed E-state index contributed by atoms with van der Waals surface area (Å²) in [5.41, 5.74) is -4.64. The lowest BCUT2D eigenvalue weighted by Gasteiger charge is -2.34. The van der Waals surface area contributed by atoms with Crippen molar-refractivity contribution in [1.82, 2.24) is 0 Å². The molecule has 0 spiro atoms. The summed E-state index contributed by atoms with van der Waals surface area (Å²) in [7, 11) is 0. The van der Waals surface area contributed by atoms with E-state index in [0.29, 0.717) is 0 Å². The molecule has 1 aliphatic rings. The maximum absolute atomic E-state index is 9.52. The summed E-state index contributed by atoms with van der Waals surface area (Å²) in [5, 5.41) is 63.0. The average molecular weight is 210 g/mol. The van der Waals surface area contributed by atoms with E-state index in [1.165, 1.54) is 6.92 Å². The van der Waals surface area contributed by atoms with Crippen molar-refractivity contribution in [1.29, 1.82) is 0 Å². The van der Waals surface area contributed by atoms with Gasteiger partial charge in [0.1, 0.15) is 0 Å². The van der Waals surface area contributed by atoms with Crippen LogP contribution in [-0.2, 0) is 0 Å². The molecule has 0 aliphatic heterocycles. The molecule has 0 saturated heterocycles. The van der Waals surface area contributed by atoms with E-state index in [1.54, 1.807) is 0 Å². The van der Waals surface area contributed by atoms with Gasteiger partial charge in [-0.25, -0.2) is 0 Å². The monoisotopic (exact) mass is 210 g/mol. The summed E-state index contributed by atoms with van der Waals surface area (Å²) in [6, 6.07) is 0. The molecule has 0 aromatic carbocycles. The van der Waals surface area contributed by atoms with Gasteiger partial charge in [0.05, 0.1) is 5.60 Å². The van der Waals surface area contributed by atoms with Crippen LogP contribution >= 0.6 is 0 Å². The highest BCUT2D eigenvalue weighted by molar-refractivity contribution is 5.25. The van der Waals surface area contributed by atoms with Crippen LogP contribution in [0.3, 0.4) is 0 Å². The van der Waals surface area contributed by atoms with Crippen LogP contribution in [0.25, 0.3) is 0 Å². The molecule has 0 heterocycles. The van der Waals surface area contributed by atoms with Crippen LogP contribution in [0.5, 0.6) is 0 Å². The first kappa shape index (κ1) is 11.8. The van der Waals surface area contributed by atoms with Crippen molar-refractivity contribution < 1.29 is 35.7 Å². The minimum Gasteiger partial charge on any atom is -0.389 e. The van der Waals surface area contributed by atoms with Crippen LogP contribution < -0.4 is 0 Å². The third kappa shape index (κ3) is 0.999. The molecule has 14 heavy (non-hydrogen) atoms. The second kappa shape index (κ2) is 2.45. The van der Waals surface area contributed by atoms with Gasteiger partial charge in [0.25, 0.3) is 11.9 Å². The predicted molar refractivity (Wildman–Crippen MR) is 41.0 cm³/mol. The van der Waals surface area contributed by atoms with Crippen LogP contribution in [0.15, 0.2) is 0 Å². The Balaban J connectivity index is 3.25. The van der Waals surface area contributed by atoms with Gasteiger partial charge in [0.15, 0.2) is 5.41 Å². The largest absolute Gasteiger partial charge is 0.389 e. The van der Waals surface area contributed by atoms with E-state index in [0.717, 1.165) is 6.92 Å². The second-order valence-electron chi connectivity index (χ2n) is 3.95. The highest BCUT2D eigenvalue weighted by Gasteiger charge is 2.89. The Morgan fingerprint density at radius 2 is 1.14 bits per heavy atom. The number of hydrogen-bond acceptors (Lipinski definition) is 7. The van der Waals surface area contributed by atoms with Crippen molar-refractivity contribution in [3.63, 3.8) is 0 Å². The summed E-state index contributed by atoms with van der Waals surface area (Å²) in [6.45, 7) is 2.25. The first-order valence-electron chi connectivity index (χ1n) is 3.97. The van der Waals surface area contributed by atoms with E-state index in [-0.39, 0.29) is 0 Å². The molecule has 1 fully saturated rings. The van der Waals surface area contributed by atoms with Gasteiger partial charge >= 0.3 is 0 Å². The van der Waals surface area contributed by atoms with E-state index < -0.39 is 28.9 Å². The molecule has 0 bridgehead atoms. The zero-order valence-corrected chi connectivity index (χ0v) is 7.71. The van der Waals surface area contributed by atoms with Gasteiger partial charge in [-0.3, -0.25) is 0 Å². The molecule has 7 N–H and O–H groups in total. The minimum atomic E-state index is -3.60. The first-order chi connectivity index (χ1) is 5.90. The normalized spacial score (nSPS) is 37.1. The number of aliphatic hydroxyl groups is 7. The van der Waals surface area contributed by atoms with Gasteiger partial charge in [-0.1, -0.05) is 6.92 Å². The summed E-state index contributed by atoms with van der Waals surface area (Å²) >= 11 is 0. The lowest BCUT2D eigenvalue weighted by atomic mass is 9.94. The topological polar surface area (TPSA) is 142 Å². The molecule has 84 valence electrons. The Bertz CT molecular complexity index is 216. The van der Waals surface area contributed by atoms with Gasteiger partial charge in [0.2, 0.25) is 0 Å². The summed E-state index contributed by atoms with van der Waals surface area (Å²) in [5.74, 6) is -8.32. The molecule has 0 amide bonds. The molecule has 2 unspecified atom stereocenters. The summed E-state index contributed by atoms with van der Waals surface area (Å²) in [4.78, 5) is 0. The van der Waals surface area contributed by atoms with Crippen molar-refractivity contribution in [2.75, 3.05) is 0 Å². The van der Waals surface area contributed by atoms with Crippen LogP contribution in [0.2, 0.25) is 0 Å². The molecule has 1 saturated carbocycles. The fourth-order valence-corrected chi connectivity index (χ4v) is 2.31. The quantitative estimate of drug-likeness (QED) is 0.236. The Morgan fingerprint density at radius 1 is 0.929 bits per heavy atom. The Morgan fingerprint density at radius 3 is 1.14 bits per heavy atom. The first-order valence-corrected chi connectivity index (χ1v) is 3.97. The van der Waals surface area contributed by atoms with Gasteiger partial charge < -0.3 is 35.7 Å². The van der Waals surface area contributed by atoms with Crippen molar-refractivity contribution in [3.05, 3.63) is 0 Å². The fraction of sp³-hybridized carbons (Fsp3) is 1.00. The van der Waals surface area contributed by atoms with E-state index in [1.807, 2.05) is 0 Å². The Kier molecular flexibility index (Phi) is 2.06. The molecule has 2 atom stereocenters. The zero-order chi connectivity index (χ0) is 11.6. The van der Waals surface area contributed by atoms with Gasteiger partial charge in [-0.15, -0.1) is 0 Å². The fourth-order valence-electron chi connectivity index (χ4n) is 2.31. The highest BCUT2D eigenvalue weighted by atomic mass is 16.7. The molecule has 0 radical (unpaired) electrons. The summed E-state index contributed by atoms with van der Waals surface area (Å²) < 4.78 is 0. The second-order valence-corrected chi connectivity index (χ2v) is 3.95. The van der Waals surface area contributed by atoms with Gasteiger partial charge in [0, 0.05) is 5.92 Å². The van der Waals surface area contributed by atoms with Crippen LogP contribution in [0, 0.1) is 11.3 Å². The van der Waals surface area contributed by atoms with Crippen LogP contribution in [0.1, 0.15) is 13.8 Å². The third-order valence-corrected chi connectivity index (χ3v) is 3.27. The third-order valence-electron chi connectivity index (χ3n) is 3.27. The standard InChI is InChI=1S/C7H14O7/c1-3-4(2,8)5(3,6(9,10)11)7(12,13)14/h3,8-14H,1-2H3. The molecule has 7 nitrogen and oxygen atoms in total. The van der Waals surface area contributed by atoms with Gasteiger partial charge in [-0.05, 0) is 6.92 Å². The van der Waals surface area contributed by atoms with Crippen molar-refractivity contribution in [2.45, 2.75) is 31.4 Å². The lowest BCUT2D eigenvalue weighted by Crippen LogP contribution is -2.58. The van der Waals surface area contributed by atoms with Crippen molar-refractivity contribution >= 4 is 0 Å². The highest BCUT2D eigenvalue weighted by Crippen LogP contribution is 2.69. The Hall–Kier alpha value is -0.280. The van der Waals surface area contributed by atoms with Crippen LogP contribution in [0.4, 0.5) is 0 Å². The van der Waals surface area contributed by atoms with E-state index in [2.05, 4.69) is 0 Å². The SMILES string of the molecule is CC1C(C)(O)C1(C(O)(O)O)C(O)(O)O. The van der Waals surface area contributed by atoms with Crippen molar-refractivity contribution in [3.8, 4) is 0 Å². The zero-order valence-electron chi connectivity index (χ0n) is 7.71. The molecular formula is C7H14O7. The van der Waals surface area contributed by atoms with Gasteiger partial charge in [-0.2, -0.15) is 0 Å². The average Bonchev–Trinajstić information content (AvgIpc) is 2.23. The molecule has 0 aromatic rings. The van der Waals surface area contributed by atoms with Crippen molar-refractivity contribution in [2.24, 2.45) is 11.3 Å². The number of rotatable bonds is 2. The number of hydrogen-bond donors (Lipinski definition) is 7. The molecule has 7 heteroatoms. The maximum Gasteiger partial charge on any atom is 0.292 e. The molecule has 0 aromatic heterocycles. The van der Waals surface area contributed by atoms with E-state index >= 15 is 0 Å². The van der Waals surface area contributed by atoms with E-state index in [4.69, 9.17) is 30.6 Å². The maximum atomic E-state index is 9.52. The molecule has 1 rings (SSSR count). The predicted octanol–water partition coefficient (Wildman–Crippen LogP) is -3.37. The lowest BCUT2D eigenvalue weighted by molar-refractivity contribution is -0.464.